The summed E-state index contributed by atoms with van der Waals surface area (Å²) in [5, 5.41) is 12.0. The van der Waals surface area contributed by atoms with Gasteiger partial charge in [-0.3, -0.25) is 4.57 Å². The molecule has 7 heteroatoms. The smallest absolute Gasteiger partial charge is 0.238 e. The first kappa shape index (κ1) is 34.1. The number of hydrogen-bond donors (Lipinski definition) is 0. The van der Waals surface area contributed by atoms with Crippen molar-refractivity contribution in [2.24, 2.45) is 0 Å². The highest BCUT2D eigenvalue weighted by Gasteiger charge is 2.25. The third kappa shape index (κ3) is 4.96. The van der Waals surface area contributed by atoms with Gasteiger partial charge in [0.2, 0.25) is 11.8 Å². The molecule has 14 aromatic rings. The van der Waals surface area contributed by atoms with E-state index in [0.29, 0.717) is 29.1 Å². The molecule has 0 aliphatic heterocycles. The van der Waals surface area contributed by atoms with Crippen LogP contribution in [0.4, 0.5) is 0 Å². The molecule has 7 nitrogen and oxygen atoms in total. The normalized spacial score (nSPS) is 12.1. The van der Waals surface area contributed by atoms with Crippen LogP contribution in [0, 0.1) is 0 Å². The number of fused-ring (bicyclic) bond motifs is 8. The highest BCUT2D eigenvalue weighted by Crippen LogP contribution is 2.44. The van der Waals surface area contributed by atoms with Gasteiger partial charge in [-0.05, 0) is 80.8 Å². The van der Waals surface area contributed by atoms with E-state index in [1.54, 1.807) is 0 Å². The third-order valence-electron chi connectivity index (χ3n) is 12.7. The van der Waals surface area contributed by atoms with Crippen molar-refractivity contribution in [3.63, 3.8) is 0 Å². The van der Waals surface area contributed by atoms with Crippen molar-refractivity contribution in [2.75, 3.05) is 0 Å². The van der Waals surface area contributed by atoms with Gasteiger partial charge in [0.25, 0.3) is 0 Å². The molecular formula is C56H32N6O. The van der Waals surface area contributed by atoms with Crippen LogP contribution in [0.3, 0.4) is 0 Å². The Balaban J connectivity index is 1.10. The summed E-state index contributed by atoms with van der Waals surface area (Å²) in [5.74, 6) is 2.09. The molecule has 0 aliphatic carbocycles. The highest BCUT2D eigenvalue weighted by molar-refractivity contribution is 6.26. The van der Waals surface area contributed by atoms with Crippen molar-refractivity contribution in [1.82, 2.24) is 29.1 Å². The Morgan fingerprint density at radius 2 is 0.937 bits per heavy atom. The molecule has 14 rings (SSSR count). The average Bonchev–Trinajstić information content (AvgIpc) is 4.04. The summed E-state index contributed by atoms with van der Waals surface area (Å²) >= 11 is 0. The zero-order valence-corrected chi connectivity index (χ0v) is 33.6. The lowest BCUT2D eigenvalue weighted by Gasteiger charge is -2.16. The van der Waals surface area contributed by atoms with Crippen LogP contribution in [0.2, 0.25) is 0 Å². The fourth-order valence-electron chi connectivity index (χ4n) is 9.97. The molecule has 0 spiro atoms. The van der Waals surface area contributed by atoms with Gasteiger partial charge in [0.1, 0.15) is 5.52 Å². The molecule has 0 unspecified atom stereocenters. The lowest BCUT2D eigenvalue weighted by molar-refractivity contribution is 0.620. The minimum Gasteiger partial charge on any atom is -0.435 e. The van der Waals surface area contributed by atoms with E-state index in [9.17, 15) is 0 Å². The van der Waals surface area contributed by atoms with Crippen LogP contribution >= 0.6 is 0 Å². The van der Waals surface area contributed by atoms with E-state index in [0.717, 1.165) is 66.1 Å². The molecule has 0 bridgehead atoms. The van der Waals surface area contributed by atoms with Gasteiger partial charge in [-0.2, -0.15) is 9.97 Å². The maximum atomic E-state index is 6.56. The quantitative estimate of drug-likeness (QED) is 0.162. The minimum absolute atomic E-state index is 0.492. The highest BCUT2D eigenvalue weighted by atomic mass is 16.3. The number of rotatable bonds is 5. The van der Waals surface area contributed by atoms with Crippen LogP contribution in [0.15, 0.2) is 199 Å². The van der Waals surface area contributed by atoms with E-state index in [4.69, 9.17) is 24.4 Å². The van der Waals surface area contributed by atoms with Gasteiger partial charge in [0.15, 0.2) is 17.2 Å². The summed E-state index contributed by atoms with van der Waals surface area (Å²) in [5.41, 5.74) is 9.14. The summed E-state index contributed by atoms with van der Waals surface area (Å²) in [6.07, 6.45) is 0. The van der Waals surface area contributed by atoms with Crippen molar-refractivity contribution < 1.29 is 4.42 Å². The van der Waals surface area contributed by atoms with E-state index in [2.05, 4.69) is 124 Å². The first-order valence-corrected chi connectivity index (χ1v) is 21.1. The van der Waals surface area contributed by atoms with Crippen LogP contribution in [0.25, 0.3) is 133 Å². The standard InChI is InChI=1S/C56H32N6O/c1-3-13-35(14-4-1)53-58-54(44-21-12-22-45-52(44)63-55(57-45)36-15-5-2-6-16-36)60-56(59-53)62-47-24-10-8-20-41(47)43-30-29-42-40-19-7-9-23-46(40)61(50(42)51(43)62)39-31-37-27-25-33-17-11-18-34-26-28-38(32-39)49(37)48(33)34/h1-32H. The molecule has 63 heavy (non-hydrogen) atoms. The van der Waals surface area contributed by atoms with Crippen LogP contribution < -0.4 is 0 Å². The van der Waals surface area contributed by atoms with Crippen molar-refractivity contribution in [3.05, 3.63) is 194 Å². The third-order valence-corrected chi connectivity index (χ3v) is 12.7. The van der Waals surface area contributed by atoms with Gasteiger partial charge in [0.05, 0.1) is 27.6 Å². The van der Waals surface area contributed by atoms with E-state index < -0.39 is 0 Å². The lowest BCUT2D eigenvalue weighted by atomic mass is 9.94. The summed E-state index contributed by atoms with van der Waals surface area (Å²) in [4.78, 5) is 20.8. The first-order chi connectivity index (χ1) is 31.2. The first-order valence-electron chi connectivity index (χ1n) is 21.1. The van der Waals surface area contributed by atoms with Gasteiger partial charge in [0, 0.05) is 38.4 Å². The molecule has 0 saturated heterocycles. The second-order valence-electron chi connectivity index (χ2n) is 16.2. The summed E-state index contributed by atoms with van der Waals surface area (Å²) < 4.78 is 11.2. The van der Waals surface area contributed by atoms with Crippen molar-refractivity contribution >= 4 is 87.0 Å². The molecule has 4 aromatic heterocycles. The molecule has 0 aliphatic rings. The zero-order chi connectivity index (χ0) is 41.2. The maximum absolute atomic E-state index is 6.56. The maximum Gasteiger partial charge on any atom is 0.238 e. The van der Waals surface area contributed by atoms with Crippen LogP contribution in [-0.4, -0.2) is 29.1 Å². The fraction of sp³-hybridized carbons (Fsp3) is 0. The molecule has 0 radical (unpaired) electrons. The van der Waals surface area contributed by atoms with Crippen LogP contribution in [0.1, 0.15) is 0 Å². The average molecular weight is 805 g/mol. The van der Waals surface area contributed by atoms with Gasteiger partial charge in [-0.25, -0.2) is 9.97 Å². The Morgan fingerprint density at radius 1 is 0.381 bits per heavy atom. The van der Waals surface area contributed by atoms with E-state index in [1.807, 2.05) is 78.9 Å². The number of hydrogen-bond acceptors (Lipinski definition) is 5. The van der Waals surface area contributed by atoms with E-state index >= 15 is 0 Å². The van der Waals surface area contributed by atoms with Gasteiger partial charge < -0.3 is 8.98 Å². The molecule has 0 amide bonds. The van der Waals surface area contributed by atoms with E-state index in [1.165, 1.54) is 37.7 Å². The summed E-state index contributed by atoms with van der Waals surface area (Å²) in [7, 11) is 0. The van der Waals surface area contributed by atoms with Crippen molar-refractivity contribution in [3.8, 4) is 45.9 Å². The number of para-hydroxylation sites is 3. The number of benzene rings is 10. The Kier molecular flexibility index (Phi) is 6.98. The monoisotopic (exact) mass is 804 g/mol. The summed E-state index contributed by atoms with van der Waals surface area (Å²) in [6.45, 7) is 0. The molecule has 0 fully saturated rings. The fourth-order valence-corrected chi connectivity index (χ4v) is 9.97. The second kappa shape index (κ2) is 12.9. The molecule has 4 heterocycles. The number of nitrogens with zero attached hydrogens (tertiary/aromatic N) is 6. The van der Waals surface area contributed by atoms with Crippen LogP contribution in [0.5, 0.6) is 0 Å². The Hall–Kier alpha value is -8.68. The SMILES string of the molecule is c1ccc(-c2nc(-c3cccc4nc(-c5ccccc5)oc34)nc(-n3c4ccccc4c4ccc5c6ccccc6n(-c6cc7ccc8cccc9ccc(c6)c7c89)c5c43)n2)cc1. The number of aromatic nitrogens is 6. The molecule has 0 atom stereocenters. The summed E-state index contributed by atoms with van der Waals surface area (Å²) in [6, 6.07) is 68.2. The van der Waals surface area contributed by atoms with Crippen molar-refractivity contribution in [1.29, 1.82) is 0 Å². The topological polar surface area (TPSA) is 74.6 Å². The molecule has 0 N–H and O–H groups in total. The lowest BCUT2D eigenvalue weighted by Crippen LogP contribution is -2.07. The predicted octanol–water partition coefficient (Wildman–Crippen LogP) is 14.1. The van der Waals surface area contributed by atoms with Crippen molar-refractivity contribution in [2.45, 2.75) is 0 Å². The largest absolute Gasteiger partial charge is 0.435 e. The zero-order valence-electron chi connectivity index (χ0n) is 33.6. The van der Waals surface area contributed by atoms with E-state index in [-0.39, 0.29) is 0 Å². The van der Waals surface area contributed by atoms with Gasteiger partial charge in [-0.15, -0.1) is 0 Å². The Morgan fingerprint density at radius 3 is 1.63 bits per heavy atom. The van der Waals surface area contributed by atoms with Gasteiger partial charge >= 0.3 is 0 Å². The minimum atomic E-state index is 0.492. The molecule has 0 saturated carbocycles. The molecule has 292 valence electrons. The van der Waals surface area contributed by atoms with Gasteiger partial charge in [-0.1, -0.05) is 146 Å². The second-order valence-corrected chi connectivity index (χ2v) is 16.2. The van der Waals surface area contributed by atoms with Crippen LogP contribution in [-0.2, 0) is 0 Å². The Bertz CT molecular complexity index is 4080. The number of oxazole rings is 1. The predicted molar refractivity (Wildman–Crippen MR) is 256 cm³/mol. The molecule has 10 aromatic carbocycles. The Labute approximate surface area is 359 Å². The molecular weight excluding hydrogens is 773 g/mol.